The maximum atomic E-state index is 13.3. The number of nitrogens with zero attached hydrogens (tertiary/aromatic N) is 6. The number of rotatable bonds is 7. The highest BCUT2D eigenvalue weighted by atomic mass is 16.2. The fourth-order valence-corrected chi connectivity index (χ4v) is 4.79. The standard InChI is InChI=1S/C30H34N8O2/c1-19(2)35-27-8-7-23(14-31-27)29(39)36-26-13-22(6-5-20(26)3)30(40)38-11-9-21(10-12-38)28-32-15-24(16-33-28)25-17-34-37(4)18-25/h5-8,13-19,21H,9-12H2,1-4H3,(H,31,35)(H,36,39). The molecule has 5 rings (SSSR count). The Kier molecular flexibility index (Phi) is 7.86. The molecule has 2 N–H and O–H groups in total. The largest absolute Gasteiger partial charge is 0.368 e. The summed E-state index contributed by atoms with van der Waals surface area (Å²) in [6.07, 6.45) is 10.5. The Hall–Kier alpha value is -4.60. The van der Waals surface area contributed by atoms with E-state index in [0.717, 1.165) is 35.4 Å². The maximum Gasteiger partial charge on any atom is 0.257 e. The lowest BCUT2D eigenvalue weighted by Crippen LogP contribution is -2.38. The zero-order valence-corrected chi connectivity index (χ0v) is 23.3. The molecule has 10 nitrogen and oxygen atoms in total. The van der Waals surface area contributed by atoms with Gasteiger partial charge >= 0.3 is 0 Å². The zero-order chi connectivity index (χ0) is 28.2. The Morgan fingerprint density at radius 3 is 2.27 bits per heavy atom. The number of nitrogens with one attached hydrogen (secondary N) is 2. The first-order valence-corrected chi connectivity index (χ1v) is 13.5. The van der Waals surface area contributed by atoms with Crippen LogP contribution < -0.4 is 10.6 Å². The van der Waals surface area contributed by atoms with Gasteiger partial charge in [0, 0.05) is 79.3 Å². The van der Waals surface area contributed by atoms with Gasteiger partial charge in [0.05, 0.1) is 11.8 Å². The van der Waals surface area contributed by atoms with Crippen LogP contribution in [-0.4, -0.2) is 60.6 Å². The van der Waals surface area contributed by atoms with Gasteiger partial charge in [-0.1, -0.05) is 6.07 Å². The van der Waals surface area contributed by atoms with Gasteiger partial charge in [-0.15, -0.1) is 0 Å². The van der Waals surface area contributed by atoms with Crippen molar-refractivity contribution in [2.45, 2.75) is 45.6 Å². The minimum atomic E-state index is -0.272. The van der Waals surface area contributed by atoms with Gasteiger partial charge < -0.3 is 15.5 Å². The summed E-state index contributed by atoms with van der Waals surface area (Å²) in [7, 11) is 1.88. The number of piperidine rings is 1. The van der Waals surface area contributed by atoms with Crippen LogP contribution in [0.1, 0.15) is 64.7 Å². The summed E-state index contributed by atoms with van der Waals surface area (Å²) in [6, 6.07) is 9.20. The molecule has 0 radical (unpaired) electrons. The predicted molar refractivity (Wildman–Crippen MR) is 154 cm³/mol. The Labute approximate surface area is 233 Å². The molecule has 1 aromatic carbocycles. The lowest BCUT2D eigenvalue weighted by atomic mass is 9.95. The van der Waals surface area contributed by atoms with Gasteiger partial charge in [0.2, 0.25) is 0 Å². The van der Waals surface area contributed by atoms with Gasteiger partial charge in [0.1, 0.15) is 11.6 Å². The molecule has 1 aliphatic heterocycles. The van der Waals surface area contributed by atoms with Crippen molar-refractivity contribution < 1.29 is 9.59 Å². The van der Waals surface area contributed by atoms with E-state index >= 15 is 0 Å². The van der Waals surface area contributed by atoms with Crippen LogP contribution in [0.4, 0.5) is 11.5 Å². The van der Waals surface area contributed by atoms with Crippen molar-refractivity contribution in [3.63, 3.8) is 0 Å². The van der Waals surface area contributed by atoms with E-state index in [2.05, 4.69) is 30.7 Å². The molecule has 40 heavy (non-hydrogen) atoms. The summed E-state index contributed by atoms with van der Waals surface area (Å²) in [5.41, 5.74) is 4.40. The number of hydrogen-bond donors (Lipinski definition) is 2. The lowest BCUT2D eigenvalue weighted by molar-refractivity contribution is 0.0711. The van der Waals surface area contributed by atoms with Crippen LogP contribution in [0.3, 0.4) is 0 Å². The third-order valence-electron chi connectivity index (χ3n) is 7.05. The van der Waals surface area contributed by atoms with Gasteiger partial charge in [-0.05, 0) is 63.4 Å². The van der Waals surface area contributed by atoms with Crippen LogP contribution in [0.25, 0.3) is 11.1 Å². The second kappa shape index (κ2) is 11.6. The van der Waals surface area contributed by atoms with E-state index in [-0.39, 0.29) is 23.8 Å². The van der Waals surface area contributed by atoms with E-state index in [1.807, 2.05) is 63.4 Å². The monoisotopic (exact) mass is 538 g/mol. The van der Waals surface area contributed by atoms with Crippen molar-refractivity contribution in [3.8, 4) is 11.1 Å². The Bertz CT molecular complexity index is 1490. The van der Waals surface area contributed by atoms with Gasteiger partial charge in [0.25, 0.3) is 11.8 Å². The van der Waals surface area contributed by atoms with Crippen molar-refractivity contribution in [1.29, 1.82) is 0 Å². The zero-order valence-electron chi connectivity index (χ0n) is 23.3. The van der Waals surface area contributed by atoms with E-state index in [0.29, 0.717) is 35.7 Å². The number of pyridine rings is 1. The first-order valence-electron chi connectivity index (χ1n) is 13.5. The first kappa shape index (κ1) is 27.0. The fraction of sp³-hybridized carbons (Fsp3) is 0.333. The van der Waals surface area contributed by atoms with E-state index < -0.39 is 0 Å². The number of anilines is 2. The summed E-state index contributed by atoms with van der Waals surface area (Å²) in [4.78, 5) is 41.6. The molecule has 206 valence electrons. The quantitative estimate of drug-likeness (QED) is 0.351. The summed E-state index contributed by atoms with van der Waals surface area (Å²) in [5.74, 6) is 1.41. The van der Waals surface area contributed by atoms with Gasteiger partial charge in [-0.25, -0.2) is 15.0 Å². The van der Waals surface area contributed by atoms with E-state index in [1.165, 1.54) is 0 Å². The van der Waals surface area contributed by atoms with Gasteiger partial charge in [0.15, 0.2) is 0 Å². The summed E-state index contributed by atoms with van der Waals surface area (Å²) in [5, 5.41) is 10.3. The summed E-state index contributed by atoms with van der Waals surface area (Å²) < 4.78 is 1.75. The van der Waals surface area contributed by atoms with Crippen molar-refractivity contribution in [2.75, 3.05) is 23.7 Å². The summed E-state index contributed by atoms with van der Waals surface area (Å²) in [6.45, 7) is 7.20. The number of amides is 2. The van der Waals surface area contributed by atoms with Crippen molar-refractivity contribution in [3.05, 3.63) is 83.8 Å². The van der Waals surface area contributed by atoms with Crippen LogP contribution in [-0.2, 0) is 7.05 Å². The number of carbonyl (C=O) groups is 2. The molecule has 0 bridgehead atoms. The smallest absolute Gasteiger partial charge is 0.257 e. The molecule has 4 aromatic rings. The van der Waals surface area contributed by atoms with Crippen LogP contribution >= 0.6 is 0 Å². The van der Waals surface area contributed by atoms with E-state index in [4.69, 9.17) is 0 Å². The summed E-state index contributed by atoms with van der Waals surface area (Å²) >= 11 is 0. The highest BCUT2D eigenvalue weighted by Crippen LogP contribution is 2.28. The second-order valence-electron chi connectivity index (χ2n) is 10.5. The van der Waals surface area contributed by atoms with Crippen molar-refractivity contribution in [1.82, 2.24) is 29.6 Å². The molecule has 10 heteroatoms. The lowest BCUT2D eigenvalue weighted by Gasteiger charge is -2.31. The molecular formula is C30H34N8O2. The molecule has 0 aliphatic carbocycles. The Morgan fingerprint density at radius 2 is 1.65 bits per heavy atom. The molecule has 3 aromatic heterocycles. The number of benzene rings is 1. The molecule has 1 aliphatic rings. The minimum absolute atomic E-state index is 0.0485. The van der Waals surface area contributed by atoms with Crippen molar-refractivity contribution >= 4 is 23.3 Å². The third kappa shape index (κ3) is 6.17. The highest BCUT2D eigenvalue weighted by Gasteiger charge is 2.26. The molecule has 0 saturated carbocycles. The SMILES string of the molecule is Cc1ccc(C(=O)N2CCC(c3ncc(-c4cnn(C)c4)cn3)CC2)cc1NC(=O)c1ccc(NC(C)C)nc1. The van der Waals surface area contributed by atoms with Crippen LogP contribution in [0.2, 0.25) is 0 Å². The molecule has 2 amide bonds. The number of carbonyl (C=O) groups excluding carboxylic acids is 2. The van der Waals surface area contributed by atoms with Crippen LogP contribution in [0.15, 0.2) is 61.3 Å². The van der Waals surface area contributed by atoms with Crippen LogP contribution in [0.5, 0.6) is 0 Å². The normalized spacial score (nSPS) is 13.9. The minimum Gasteiger partial charge on any atom is -0.368 e. The molecule has 0 unspecified atom stereocenters. The Balaban J connectivity index is 1.19. The van der Waals surface area contributed by atoms with Crippen LogP contribution in [0, 0.1) is 6.92 Å². The van der Waals surface area contributed by atoms with Gasteiger partial charge in [-0.3, -0.25) is 14.3 Å². The third-order valence-corrected chi connectivity index (χ3v) is 7.05. The topological polar surface area (TPSA) is 118 Å². The maximum absolute atomic E-state index is 13.3. The molecule has 0 spiro atoms. The van der Waals surface area contributed by atoms with E-state index in [1.54, 1.807) is 35.3 Å². The number of hydrogen-bond acceptors (Lipinski definition) is 7. The fourth-order valence-electron chi connectivity index (χ4n) is 4.79. The van der Waals surface area contributed by atoms with Crippen molar-refractivity contribution in [2.24, 2.45) is 7.05 Å². The number of aromatic nitrogens is 5. The number of aryl methyl sites for hydroxylation is 2. The van der Waals surface area contributed by atoms with E-state index in [9.17, 15) is 9.59 Å². The van der Waals surface area contributed by atoms with Gasteiger partial charge in [-0.2, -0.15) is 5.10 Å². The molecule has 4 heterocycles. The molecule has 1 fully saturated rings. The average molecular weight is 539 g/mol. The average Bonchev–Trinajstić information content (AvgIpc) is 3.40. The second-order valence-corrected chi connectivity index (χ2v) is 10.5. The molecule has 1 saturated heterocycles. The predicted octanol–water partition coefficient (Wildman–Crippen LogP) is 4.67. The molecular weight excluding hydrogens is 504 g/mol. The Morgan fingerprint density at radius 1 is 0.925 bits per heavy atom. The molecule has 0 atom stereocenters. The highest BCUT2D eigenvalue weighted by molar-refractivity contribution is 6.05. The number of likely N-dealkylation sites (tertiary alicyclic amines) is 1. The first-order chi connectivity index (χ1) is 19.3.